The first kappa shape index (κ1) is 15.0. The average Bonchev–Trinajstić information content (AvgIpc) is 2.45. The monoisotopic (exact) mass is 286 g/mol. The molecule has 4 heteroatoms. The lowest BCUT2D eigenvalue weighted by atomic mass is 10.1. The van der Waals surface area contributed by atoms with Crippen LogP contribution in [0.5, 0.6) is 0 Å². The number of anilines is 1. The number of nitrogen functional groups attached to an aromatic ring is 1. The van der Waals surface area contributed by atoms with Gasteiger partial charge in [0.05, 0.1) is 6.04 Å². The van der Waals surface area contributed by atoms with Crippen molar-refractivity contribution < 1.29 is 9.18 Å². The summed E-state index contributed by atoms with van der Waals surface area (Å²) < 4.78 is 13.1. The van der Waals surface area contributed by atoms with E-state index in [-0.39, 0.29) is 17.8 Å². The average molecular weight is 286 g/mol. The van der Waals surface area contributed by atoms with Gasteiger partial charge in [-0.1, -0.05) is 24.3 Å². The fourth-order valence-corrected chi connectivity index (χ4v) is 2.18. The zero-order valence-corrected chi connectivity index (χ0v) is 12.0. The molecule has 2 aromatic rings. The Kier molecular flexibility index (Phi) is 4.93. The maximum atomic E-state index is 13.1. The molecule has 0 aromatic heterocycles. The van der Waals surface area contributed by atoms with Crippen LogP contribution in [-0.4, -0.2) is 5.91 Å². The number of nitrogens with one attached hydrogen (secondary N) is 1. The van der Waals surface area contributed by atoms with E-state index in [4.69, 9.17) is 5.73 Å². The Morgan fingerprint density at radius 2 is 2.00 bits per heavy atom. The van der Waals surface area contributed by atoms with Crippen LogP contribution in [0, 0.1) is 5.82 Å². The van der Waals surface area contributed by atoms with Crippen molar-refractivity contribution >= 4 is 11.6 Å². The minimum atomic E-state index is -0.298. The van der Waals surface area contributed by atoms with Gasteiger partial charge in [-0.15, -0.1) is 0 Å². The quantitative estimate of drug-likeness (QED) is 0.829. The second-order valence-electron chi connectivity index (χ2n) is 5.09. The van der Waals surface area contributed by atoms with Crippen molar-refractivity contribution in [3.63, 3.8) is 0 Å². The molecule has 1 unspecified atom stereocenters. The molecule has 0 aliphatic heterocycles. The number of carbonyl (C=O) groups excluding carboxylic acids is 1. The van der Waals surface area contributed by atoms with Crippen molar-refractivity contribution in [2.45, 2.75) is 25.8 Å². The molecule has 0 radical (unpaired) electrons. The summed E-state index contributed by atoms with van der Waals surface area (Å²) >= 11 is 0. The van der Waals surface area contributed by atoms with E-state index in [2.05, 4.69) is 5.32 Å². The number of aryl methyl sites for hydroxylation is 1. The van der Waals surface area contributed by atoms with E-state index in [1.807, 2.05) is 31.2 Å². The molecule has 1 atom stereocenters. The fraction of sp³-hybridized carbons (Fsp3) is 0.235. The molecule has 2 aromatic carbocycles. The third-order valence-corrected chi connectivity index (χ3v) is 3.32. The van der Waals surface area contributed by atoms with Crippen LogP contribution in [0.25, 0.3) is 0 Å². The summed E-state index contributed by atoms with van der Waals surface area (Å²) in [6.45, 7) is 1.84. The second-order valence-corrected chi connectivity index (χ2v) is 5.09. The minimum absolute atomic E-state index is 0.0609. The van der Waals surface area contributed by atoms with Gasteiger partial charge in [0, 0.05) is 12.1 Å². The summed E-state index contributed by atoms with van der Waals surface area (Å²) in [7, 11) is 0. The lowest BCUT2D eigenvalue weighted by Gasteiger charge is -2.14. The van der Waals surface area contributed by atoms with E-state index >= 15 is 0 Å². The molecule has 0 bridgehead atoms. The van der Waals surface area contributed by atoms with E-state index in [1.54, 1.807) is 12.1 Å². The third-order valence-electron chi connectivity index (χ3n) is 3.32. The molecule has 3 N–H and O–H groups in total. The molecule has 0 aliphatic carbocycles. The van der Waals surface area contributed by atoms with Crippen molar-refractivity contribution in [3.05, 3.63) is 65.5 Å². The molecule has 110 valence electrons. The van der Waals surface area contributed by atoms with E-state index in [0.29, 0.717) is 18.5 Å². The summed E-state index contributed by atoms with van der Waals surface area (Å²) in [5.41, 5.74) is 8.18. The number of halogens is 1. The van der Waals surface area contributed by atoms with Crippen LogP contribution in [0.3, 0.4) is 0 Å². The van der Waals surface area contributed by atoms with Crippen molar-refractivity contribution in [3.8, 4) is 0 Å². The van der Waals surface area contributed by atoms with Gasteiger partial charge in [0.1, 0.15) is 5.82 Å². The van der Waals surface area contributed by atoms with Crippen LogP contribution >= 0.6 is 0 Å². The molecule has 1 amide bonds. The summed E-state index contributed by atoms with van der Waals surface area (Å²) in [6, 6.07) is 13.5. The Morgan fingerprint density at radius 3 is 2.71 bits per heavy atom. The molecular formula is C17H19FN2O. The van der Waals surface area contributed by atoms with Gasteiger partial charge in [0.15, 0.2) is 0 Å². The number of hydrogen-bond donors (Lipinski definition) is 2. The number of hydrogen-bond acceptors (Lipinski definition) is 2. The van der Waals surface area contributed by atoms with Gasteiger partial charge in [0.2, 0.25) is 5.91 Å². The normalized spacial score (nSPS) is 11.9. The van der Waals surface area contributed by atoms with Crippen molar-refractivity contribution in [2.75, 3.05) is 5.73 Å². The second kappa shape index (κ2) is 6.88. The van der Waals surface area contributed by atoms with E-state index in [0.717, 1.165) is 11.1 Å². The highest BCUT2D eigenvalue weighted by Crippen LogP contribution is 2.14. The topological polar surface area (TPSA) is 55.1 Å². The lowest BCUT2D eigenvalue weighted by Crippen LogP contribution is -2.26. The minimum Gasteiger partial charge on any atom is -0.399 e. The first-order valence-corrected chi connectivity index (χ1v) is 6.94. The zero-order valence-electron chi connectivity index (χ0n) is 12.0. The summed E-state index contributed by atoms with van der Waals surface area (Å²) in [4.78, 5) is 11.9. The van der Waals surface area contributed by atoms with Gasteiger partial charge in [-0.2, -0.15) is 0 Å². The molecule has 0 saturated carbocycles. The lowest BCUT2D eigenvalue weighted by molar-refractivity contribution is -0.121. The first-order chi connectivity index (χ1) is 10.0. The van der Waals surface area contributed by atoms with Crippen LogP contribution < -0.4 is 11.1 Å². The van der Waals surface area contributed by atoms with Crippen molar-refractivity contribution in [1.29, 1.82) is 0 Å². The Balaban J connectivity index is 1.87. The molecule has 0 saturated heterocycles. The number of benzene rings is 2. The maximum Gasteiger partial charge on any atom is 0.220 e. The Labute approximate surface area is 124 Å². The first-order valence-electron chi connectivity index (χ1n) is 6.94. The van der Waals surface area contributed by atoms with Gasteiger partial charge in [-0.05, 0) is 48.7 Å². The molecule has 0 fully saturated rings. The zero-order chi connectivity index (χ0) is 15.2. The molecule has 0 heterocycles. The highest BCUT2D eigenvalue weighted by Gasteiger charge is 2.10. The van der Waals surface area contributed by atoms with Crippen LogP contribution in [-0.2, 0) is 11.2 Å². The van der Waals surface area contributed by atoms with E-state index < -0.39 is 0 Å². The molecule has 0 aliphatic rings. The molecule has 21 heavy (non-hydrogen) atoms. The predicted molar refractivity (Wildman–Crippen MR) is 82.1 cm³/mol. The Morgan fingerprint density at radius 1 is 1.24 bits per heavy atom. The van der Waals surface area contributed by atoms with Gasteiger partial charge < -0.3 is 11.1 Å². The Bertz CT molecular complexity index is 628. The highest BCUT2D eigenvalue weighted by molar-refractivity contribution is 5.76. The van der Waals surface area contributed by atoms with Crippen LogP contribution in [0.15, 0.2) is 48.5 Å². The molecule has 0 spiro atoms. The maximum absolute atomic E-state index is 13.1. The molecule has 2 rings (SSSR count). The van der Waals surface area contributed by atoms with E-state index in [1.165, 1.54) is 12.1 Å². The number of rotatable bonds is 5. The number of nitrogens with two attached hydrogens (primary N) is 1. The standard InChI is InChI=1S/C17H19FN2O/c1-12(14-5-3-6-15(18)11-14)20-17(21)9-8-13-4-2-7-16(19)10-13/h2-7,10-12H,8-9,19H2,1H3,(H,20,21). The van der Waals surface area contributed by atoms with Gasteiger partial charge in [0.25, 0.3) is 0 Å². The molecular weight excluding hydrogens is 267 g/mol. The van der Waals surface area contributed by atoms with Crippen LogP contribution in [0.1, 0.15) is 30.5 Å². The number of carbonyl (C=O) groups is 1. The summed E-state index contributed by atoms with van der Waals surface area (Å²) in [6.07, 6.45) is 1.01. The smallest absolute Gasteiger partial charge is 0.220 e. The van der Waals surface area contributed by atoms with Crippen LogP contribution in [0.4, 0.5) is 10.1 Å². The predicted octanol–water partition coefficient (Wildman–Crippen LogP) is 3.22. The van der Waals surface area contributed by atoms with Gasteiger partial charge in [-0.3, -0.25) is 4.79 Å². The SMILES string of the molecule is CC(NC(=O)CCc1cccc(N)c1)c1cccc(F)c1. The summed E-state index contributed by atoms with van der Waals surface area (Å²) in [5, 5.41) is 2.87. The summed E-state index contributed by atoms with van der Waals surface area (Å²) in [5.74, 6) is -0.359. The van der Waals surface area contributed by atoms with Crippen LogP contribution in [0.2, 0.25) is 0 Å². The number of amides is 1. The fourth-order valence-electron chi connectivity index (χ4n) is 2.18. The highest BCUT2D eigenvalue weighted by atomic mass is 19.1. The third kappa shape index (κ3) is 4.60. The molecule has 3 nitrogen and oxygen atoms in total. The van der Waals surface area contributed by atoms with Crippen molar-refractivity contribution in [2.24, 2.45) is 0 Å². The van der Waals surface area contributed by atoms with E-state index in [9.17, 15) is 9.18 Å². The van der Waals surface area contributed by atoms with Crippen molar-refractivity contribution in [1.82, 2.24) is 5.32 Å². The van der Waals surface area contributed by atoms with Gasteiger partial charge >= 0.3 is 0 Å². The Hall–Kier alpha value is -2.36. The van der Waals surface area contributed by atoms with Gasteiger partial charge in [-0.25, -0.2) is 4.39 Å². The largest absolute Gasteiger partial charge is 0.399 e.